The lowest BCUT2D eigenvalue weighted by atomic mass is 9.98. The molecule has 2 heterocycles. The van der Waals surface area contributed by atoms with E-state index >= 15 is 0 Å². The predicted molar refractivity (Wildman–Crippen MR) is 96.7 cm³/mol. The lowest BCUT2D eigenvalue weighted by Crippen LogP contribution is -2.32. The minimum absolute atomic E-state index is 0.350. The van der Waals surface area contributed by atoms with Crippen molar-refractivity contribution in [2.24, 2.45) is 0 Å². The normalized spacial score (nSPS) is 14.7. The van der Waals surface area contributed by atoms with E-state index in [2.05, 4.69) is 19.9 Å². The molecule has 1 aliphatic rings. The average Bonchev–Trinajstić information content (AvgIpc) is 3.52. The zero-order valence-electron chi connectivity index (χ0n) is 15.6. The van der Waals surface area contributed by atoms with Crippen LogP contribution in [0.5, 0.6) is 0 Å². The molecule has 1 saturated carbocycles. The molecule has 138 valence electrons. The second-order valence-electron chi connectivity index (χ2n) is 6.35. The highest BCUT2D eigenvalue weighted by Crippen LogP contribution is 2.43. The number of nitrogens with zero attached hydrogens (tertiary/aromatic N) is 5. The van der Waals surface area contributed by atoms with Gasteiger partial charge in [0.25, 0.3) is 0 Å². The van der Waals surface area contributed by atoms with Gasteiger partial charge in [0.1, 0.15) is 12.7 Å². The van der Waals surface area contributed by atoms with Gasteiger partial charge in [0, 0.05) is 42.5 Å². The summed E-state index contributed by atoms with van der Waals surface area (Å²) in [6.07, 6.45) is 8.55. The summed E-state index contributed by atoms with van der Waals surface area (Å²) in [5, 5.41) is 0. The molecule has 0 spiro atoms. The van der Waals surface area contributed by atoms with Crippen LogP contribution in [0.2, 0.25) is 0 Å². The summed E-state index contributed by atoms with van der Waals surface area (Å²) in [4.78, 5) is 31.5. The Morgan fingerprint density at radius 1 is 1.12 bits per heavy atom. The van der Waals surface area contributed by atoms with E-state index in [1.807, 2.05) is 20.8 Å². The van der Waals surface area contributed by atoms with E-state index in [1.54, 1.807) is 23.6 Å². The largest absolute Gasteiger partial charge is 0.436 e. The van der Waals surface area contributed by atoms with Gasteiger partial charge in [-0.3, -0.25) is 0 Å². The fourth-order valence-electron chi connectivity index (χ4n) is 3.08. The summed E-state index contributed by atoms with van der Waals surface area (Å²) in [5.41, 5.74) is 3.46. The highest BCUT2D eigenvalue weighted by molar-refractivity contribution is 5.68. The zero-order valence-corrected chi connectivity index (χ0v) is 15.6. The van der Waals surface area contributed by atoms with E-state index in [9.17, 15) is 4.79 Å². The first-order valence-electron chi connectivity index (χ1n) is 9.23. The van der Waals surface area contributed by atoms with E-state index < -0.39 is 6.10 Å². The third kappa shape index (κ3) is 3.81. The second kappa shape index (κ2) is 8.21. The zero-order chi connectivity index (χ0) is 18.5. The van der Waals surface area contributed by atoms with Gasteiger partial charge in [-0.15, -0.1) is 0 Å². The van der Waals surface area contributed by atoms with Crippen LogP contribution >= 0.6 is 0 Å². The lowest BCUT2D eigenvalue weighted by Gasteiger charge is -2.25. The summed E-state index contributed by atoms with van der Waals surface area (Å²) < 4.78 is 5.95. The first kappa shape index (κ1) is 18.2. The first-order valence-corrected chi connectivity index (χ1v) is 9.23. The van der Waals surface area contributed by atoms with Gasteiger partial charge in [0.05, 0.1) is 11.4 Å². The third-order valence-corrected chi connectivity index (χ3v) is 4.70. The number of aromatic nitrogens is 4. The molecule has 26 heavy (non-hydrogen) atoms. The number of carbonyl (C=O) groups is 1. The fraction of sp³-hybridized carbons (Fsp3) is 0.526. The number of amides is 1. The maximum absolute atomic E-state index is 12.7. The van der Waals surface area contributed by atoms with E-state index in [-0.39, 0.29) is 6.09 Å². The molecule has 1 amide bonds. The summed E-state index contributed by atoms with van der Waals surface area (Å²) in [6, 6.07) is 0. The molecule has 7 nitrogen and oxygen atoms in total. The van der Waals surface area contributed by atoms with E-state index in [1.165, 1.54) is 6.33 Å². The van der Waals surface area contributed by atoms with Gasteiger partial charge < -0.3 is 9.64 Å². The van der Waals surface area contributed by atoms with Crippen molar-refractivity contribution in [3.63, 3.8) is 0 Å². The van der Waals surface area contributed by atoms with Crippen molar-refractivity contribution in [2.45, 2.75) is 52.1 Å². The summed E-state index contributed by atoms with van der Waals surface area (Å²) in [6.45, 7) is 7.08. The van der Waals surface area contributed by atoms with Crippen molar-refractivity contribution >= 4 is 6.09 Å². The number of rotatable bonds is 7. The van der Waals surface area contributed by atoms with Crippen molar-refractivity contribution < 1.29 is 9.53 Å². The summed E-state index contributed by atoms with van der Waals surface area (Å²) in [5.74, 6) is 0.414. The van der Waals surface area contributed by atoms with Crippen molar-refractivity contribution in [1.82, 2.24) is 24.8 Å². The van der Waals surface area contributed by atoms with Crippen LogP contribution in [-0.4, -0.2) is 44.0 Å². The number of hydrogen-bond donors (Lipinski definition) is 0. The van der Waals surface area contributed by atoms with Crippen LogP contribution in [0.15, 0.2) is 25.0 Å². The minimum atomic E-state index is -0.601. The van der Waals surface area contributed by atoms with Gasteiger partial charge in [0.2, 0.25) is 0 Å². The lowest BCUT2D eigenvalue weighted by molar-refractivity contribution is 0.0792. The van der Waals surface area contributed by atoms with Crippen molar-refractivity contribution in [2.75, 3.05) is 13.1 Å². The van der Waals surface area contributed by atoms with Gasteiger partial charge >= 0.3 is 6.09 Å². The SMILES string of the molecule is CCc1ncncc1C(OC(=O)N(CC)CC)c1cncnc1C1CC1. The van der Waals surface area contributed by atoms with Gasteiger partial charge in [-0.1, -0.05) is 6.92 Å². The van der Waals surface area contributed by atoms with Crippen molar-refractivity contribution in [3.05, 3.63) is 47.6 Å². The molecule has 0 N–H and O–H groups in total. The van der Waals surface area contributed by atoms with Crippen LogP contribution in [0.3, 0.4) is 0 Å². The Morgan fingerprint density at radius 3 is 2.38 bits per heavy atom. The average molecular weight is 355 g/mol. The Morgan fingerprint density at radius 2 is 1.77 bits per heavy atom. The molecule has 3 rings (SSSR count). The van der Waals surface area contributed by atoms with Crippen molar-refractivity contribution in [3.8, 4) is 0 Å². The van der Waals surface area contributed by atoms with E-state index in [4.69, 9.17) is 4.74 Å². The Bertz CT molecular complexity index is 759. The van der Waals surface area contributed by atoms with E-state index in [0.717, 1.165) is 41.8 Å². The molecule has 0 saturated heterocycles. The van der Waals surface area contributed by atoms with Crippen molar-refractivity contribution in [1.29, 1.82) is 0 Å². The Labute approximate surface area is 153 Å². The Balaban J connectivity index is 2.03. The molecule has 2 aromatic heterocycles. The Hall–Kier alpha value is -2.57. The molecule has 0 aliphatic heterocycles. The molecule has 7 heteroatoms. The molecule has 0 aromatic carbocycles. The second-order valence-corrected chi connectivity index (χ2v) is 6.35. The minimum Gasteiger partial charge on any atom is -0.436 e. The van der Waals surface area contributed by atoms with Gasteiger partial charge in [0.15, 0.2) is 6.10 Å². The topological polar surface area (TPSA) is 81.1 Å². The fourth-order valence-corrected chi connectivity index (χ4v) is 3.08. The predicted octanol–water partition coefficient (Wildman–Crippen LogP) is 3.27. The maximum atomic E-state index is 12.7. The highest BCUT2D eigenvalue weighted by atomic mass is 16.6. The van der Waals surface area contributed by atoms with Crippen LogP contribution < -0.4 is 0 Å². The molecule has 1 unspecified atom stereocenters. The summed E-state index contributed by atoms with van der Waals surface area (Å²) in [7, 11) is 0. The quantitative estimate of drug-likeness (QED) is 0.758. The van der Waals surface area contributed by atoms with Gasteiger partial charge in [-0.2, -0.15) is 0 Å². The number of hydrogen-bond acceptors (Lipinski definition) is 6. The van der Waals surface area contributed by atoms with Crippen LogP contribution in [0.4, 0.5) is 4.79 Å². The molecule has 2 aromatic rings. The van der Waals surface area contributed by atoms with Crippen LogP contribution in [0.25, 0.3) is 0 Å². The standard InChI is InChI=1S/C19H25N5O2/c1-4-16-14(9-20-11-22-16)18(26-19(25)24(5-2)6-3)15-10-21-12-23-17(15)13-7-8-13/h9-13,18H,4-8H2,1-3H3. The van der Waals surface area contributed by atoms with Gasteiger partial charge in [-0.25, -0.2) is 24.7 Å². The van der Waals surface area contributed by atoms with Crippen LogP contribution in [-0.2, 0) is 11.2 Å². The molecular weight excluding hydrogens is 330 g/mol. The van der Waals surface area contributed by atoms with Crippen LogP contribution in [0.1, 0.15) is 68.1 Å². The number of carbonyl (C=O) groups excluding carboxylic acids is 1. The molecule has 1 aliphatic carbocycles. The summed E-state index contributed by atoms with van der Waals surface area (Å²) >= 11 is 0. The van der Waals surface area contributed by atoms with E-state index in [0.29, 0.717) is 19.0 Å². The number of aryl methyl sites for hydroxylation is 1. The smallest absolute Gasteiger partial charge is 0.410 e. The van der Waals surface area contributed by atoms with Gasteiger partial charge in [-0.05, 0) is 33.1 Å². The number of ether oxygens (including phenoxy) is 1. The third-order valence-electron chi connectivity index (χ3n) is 4.70. The maximum Gasteiger partial charge on any atom is 0.410 e. The molecular formula is C19H25N5O2. The highest BCUT2D eigenvalue weighted by Gasteiger charge is 2.33. The molecule has 1 fully saturated rings. The monoisotopic (exact) mass is 355 g/mol. The van der Waals surface area contributed by atoms with Crippen LogP contribution in [0, 0.1) is 0 Å². The first-order chi connectivity index (χ1) is 12.7. The molecule has 0 radical (unpaired) electrons. The molecule has 0 bridgehead atoms. The Kier molecular flexibility index (Phi) is 5.75. The molecule has 1 atom stereocenters.